The summed E-state index contributed by atoms with van der Waals surface area (Å²) < 4.78 is 0. The smallest absolute Gasteiger partial charge is 0.217 e. The largest absolute Gasteiger partial charge is 0.353 e. The Labute approximate surface area is 97.1 Å². The molecule has 0 saturated heterocycles. The van der Waals surface area contributed by atoms with Crippen molar-refractivity contribution in [3.8, 4) is 0 Å². The zero-order chi connectivity index (χ0) is 11.5. The van der Waals surface area contributed by atoms with Crippen molar-refractivity contribution in [2.45, 2.75) is 45.6 Å². The molecule has 1 aliphatic rings. The second-order valence-electron chi connectivity index (χ2n) is 4.60. The summed E-state index contributed by atoms with van der Waals surface area (Å²) in [5.41, 5.74) is 4.27. The first kappa shape index (κ1) is 11.2. The third kappa shape index (κ3) is 2.43. The molecule has 0 aromatic heterocycles. The average Bonchev–Trinajstić information content (AvgIpc) is 2.27. The van der Waals surface area contributed by atoms with Crippen LogP contribution in [0.25, 0.3) is 0 Å². The number of rotatable bonds is 2. The maximum atomic E-state index is 11.0. The first-order valence-corrected chi connectivity index (χ1v) is 6.07. The van der Waals surface area contributed by atoms with Crippen LogP contribution in [0, 0.1) is 0 Å². The molecule has 0 saturated carbocycles. The van der Waals surface area contributed by atoms with Gasteiger partial charge in [0.2, 0.25) is 5.91 Å². The summed E-state index contributed by atoms with van der Waals surface area (Å²) in [5, 5.41) is 3.02. The van der Waals surface area contributed by atoms with Crippen LogP contribution in [0.1, 0.15) is 37.0 Å². The fraction of sp³-hybridized carbons (Fsp3) is 0.500. The first-order valence-electron chi connectivity index (χ1n) is 6.07. The van der Waals surface area contributed by atoms with Gasteiger partial charge in [0.25, 0.3) is 0 Å². The van der Waals surface area contributed by atoms with Crippen molar-refractivity contribution < 1.29 is 4.79 Å². The monoisotopic (exact) mass is 217 g/mol. The van der Waals surface area contributed by atoms with Gasteiger partial charge < -0.3 is 5.32 Å². The maximum absolute atomic E-state index is 11.0. The molecule has 2 rings (SSSR count). The summed E-state index contributed by atoms with van der Waals surface area (Å²) in [5.74, 6) is 0.0834. The molecule has 0 fully saturated rings. The number of fused-ring (bicyclic) bond motifs is 1. The van der Waals surface area contributed by atoms with Gasteiger partial charge in [0, 0.05) is 13.0 Å². The summed E-state index contributed by atoms with van der Waals surface area (Å²) >= 11 is 0. The van der Waals surface area contributed by atoms with E-state index in [2.05, 4.69) is 30.4 Å². The topological polar surface area (TPSA) is 29.1 Å². The van der Waals surface area contributed by atoms with E-state index in [1.165, 1.54) is 16.7 Å². The number of amides is 1. The molecule has 0 bridgehead atoms. The van der Waals surface area contributed by atoms with E-state index in [1.807, 2.05) is 0 Å². The second-order valence-corrected chi connectivity index (χ2v) is 4.60. The Morgan fingerprint density at radius 2 is 2.25 bits per heavy atom. The van der Waals surface area contributed by atoms with Crippen molar-refractivity contribution in [1.82, 2.24) is 5.32 Å². The molecular weight excluding hydrogens is 198 g/mol. The van der Waals surface area contributed by atoms with Crippen LogP contribution in [0.2, 0.25) is 0 Å². The van der Waals surface area contributed by atoms with E-state index >= 15 is 0 Å². The number of hydrogen-bond donors (Lipinski definition) is 1. The molecule has 2 nitrogen and oxygen atoms in total. The van der Waals surface area contributed by atoms with Gasteiger partial charge in [-0.05, 0) is 42.4 Å². The van der Waals surface area contributed by atoms with Crippen LogP contribution in [0.5, 0.6) is 0 Å². The number of aryl methyl sites for hydroxylation is 2. The van der Waals surface area contributed by atoms with Crippen LogP contribution in [-0.2, 0) is 24.1 Å². The lowest BCUT2D eigenvalue weighted by atomic mass is 9.87. The third-order valence-electron chi connectivity index (χ3n) is 3.31. The molecule has 1 aromatic rings. The molecular formula is C14H19NO. The van der Waals surface area contributed by atoms with E-state index < -0.39 is 0 Å². The minimum atomic E-state index is 0.0834. The number of benzene rings is 1. The lowest BCUT2D eigenvalue weighted by molar-refractivity contribution is -0.119. The van der Waals surface area contributed by atoms with E-state index in [4.69, 9.17) is 0 Å². The number of nitrogens with one attached hydrogen (secondary N) is 1. The molecule has 1 aliphatic carbocycles. The molecule has 1 atom stereocenters. The minimum Gasteiger partial charge on any atom is -0.353 e. The summed E-state index contributed by atoms with van der Waals surface area (Å²) in [6.45, 7) is 3.77. The van der Waals surface area contributed by atoms with E-state index in [9.17, 15) is 4.79 Å². The molecule has 1 N–H and O–H groups in total. The molecule has 1 aromatic carbocycles. The summed E-state index contributed by atoms with van der Waals surface area (Å²) in [6, 6.07) is 7.09. The van der Waals surface area contributed by atoms with Gasteiger partial charge in [0.05, 0.1) is 0 Å². The molecule has 16 heavy (non-hydrogen) atoms. The lowest BCUT2D eigenvalue weighted by Crippen LogP contribution is -2.37. The fourth-order valence-corrected chi connectivity index (χ4v) is 2.44. The van der Waals surface area contributed by atoms with E-state index in [0.29, 0.717) is 6.04 Å². The maximum Gasteiger partial charge on any atom is 0.217 e. The zero-order valence-corrected chi connectivity index (χ0v) is 10.0. The third-order valence-corrected chi connectivity index (χ3v) is 3.31. The Kier molecular flexibility index (Phi) is 3.28. The van der Waals surface area contributed by atoms with Gasteiger partial charge in [-0.25, -0.2) is 0 Å². The highest BCUT2D eigenvalue weighted by atomic mass is 16.1. The zero-order valence-electron chi connectivity index (χ0n) is 10.0. The van der Waals surface area contributed by atoms with E-state index in [-0.39, 0.29) is 5.91 Å². The summed E-state index contributed by atoms with van der Waals surface area (Å²) in [6.07, 6.45) is 4.23. The van der Waals surface area contributed by atoms with Gasteiger partial charge in [0.1, 0.15) is 0 Å². The summed E-state index contributed by atoms with van der Waals surface area (Å²) in [7, 11) is 0. The van der Waals surface area contributed by atoms with Crippen LogP contribution >= 0.6 is 0 Å². The van der Waals surface area contributed by atoms with Crippen molar-refractivity contribution in [2.75, 3.05) is 0 Å². The fourth-order valence-electron chi connectivity index (χ4n) is 2.44. The molecule has 0 heterocycles. The van der Waals surface area contributed by atoms with Gasteiger partial charge in [-0.2, -0.15) is 0 Å². The Morgan fingerprint density at radius 3 is 2.94 bits per heavy atom. The van der Waals surface area contributed by atoms with Gasteiger partial charge in [0.15, 0.2) is 0 Å². The number of carbonyl (C=O) groups is 1. The number of hydrogen-bond acceptors (Lipinski definition) is 1. The SMILES string of the molecule is CCc1ccc2c(c1)CC(NC(C)=O)CC2. The molecule has 0 spiro atoms. The van der Waals surface area contributed by atoms with Gasteiger partial charge in [-0.3, -0.25) is 4.79 Å². The van der Waals surface area contributed by atoms with Crippen LogP contribution < -0.4 is 5.32 Å². The quantitative estimate of drug-likeness (QED) is 0.808. The molecule has 0 radical (unpaired) electrons. The van der Waals surface area contributed by atoms with Gasteiger partial charge in [-0.1, -0.05) is 25.1 Å². The predicted octanol–water partition coefficient (Wildman–Crippen LogP) is 2.24. The van der Waals surface area contributed by atoms with Crippen molar-refractivity contribution >= 4 is 5.91 Å². The molecule has 1 unspecified atom stereocenters. The minimum absolute atomic E-state index is 0.0834. The van der Waals surface area contributed by atoms with Crippen LogP contribution in [0.4, 0.5) is 0 Å². The highest BCUT2D eigenvalue weighted by Crippen LogP contribution is 2.22. The highest BCUT2D eigenvalue weighted by molar-refractivity contribution is 5.73. The van der Waals surface area contributed by atoms with Gasteiger partial charge in [-0.15, -0.1) is 0 Å². The van der Waals surface area contributed by atoms with Crippen molar-refractivity contribution in [2.24, 2.45) is 0 Å². The van der Waals surface area contributed by atoms with Crippen molar-refractivity contribution in [3.05, 3.63) is 34.9 Å². The Hall–Kier alpha value is -1.31. The Balaban J connectivity index is 2.14. The predicted molar refractivity (Wildman–Crippen MR) is 65.4 cm³/mol. The molecule has 86 valence electrons. The summed E-state index contributed by atoms with van der Waals surface area (Å²) in [4.78, 5) is 11.0. The Morgan fingerprint density at radius 1 is 1.44 bits per heavy atom. The van der Waals surface area contributed by atoms with Crippen LogP contribution in [0.15, 0.2) is 18.2 Å². The highest BCUT2D eigenvalue weighted by Gasteiger charge is 2.18. The van der Waals surface area contributed by atoms with Crippen LogP contribution in [0.3, 0.4) is 0 Å². The molecule has 2 heteroatoms. The van der Waals surface area contributed by atoms with Crippen molar-refractivity contribution in [1.29, 1.82) is 0 Å². The molecule has 0 aliphatic heterocycles. The average molecular weight is 217 g/mol. The number of carbonyl (C=O) groups excluding carboxylic acids is 1. The lowest BCUT2D eigenvalue weighted by Gasteiger charge is -2.25. The second kappa shape index (κ2) is 4.69. The normalized spacial score (nSPS) is 19.0. The van der Waals surface area contributed by atoms with Crippen molar-refractivity contribution in [3.63, 3.8) is 0 Å². The van der Waals surface area contributed by atoms with E-state index in [0.717, 1.165) is 25.7 Å². The van der Waals surface area contributed by atoms with E-state index in [1.54, 1.807) is 6.92 Å². The standard InChI is InChI=1S/C14H19NO/c1-3-11-4-5-12-6-7-14(15-10(2)16)9-13(12)8-11/h4-5,8,14H,3,6-7,9H2,1-2H3,(H,15,16). The Bertz CT molecular complexity index is 398. The molecule has 1 amide bonds. The van der Waals surface area contributed by atoms with Crippen LogP contribution in [-0.4, -0.2) is 11.9 Å². The first-order chi connectivity index (χ1) is 7.69. The van der Waals surface area contributed by atoms with Gasteiger partial charge >= 0.3 is 0 Å².